The van der Waals surface area contributed by atoms with E-state index in [1.807, 2.05) is 4.72 Å². The summed E-state index contributed by atoms with van der Waals surface area (Å²) < 4.78 is 119. The Hall–Kier alpha value is -4.31. The van der Waals surface area contributed by atoms with E-state index < -0.39 is 54.9 Å². The van der Waals surface area contributed by atoms with Gasteiger partial charge in [0, 0.05) is 51.3 Å². The highest BCUT2D eigenvalue weighted by molar-refractivity contribution is 7.90. The Labute approximate surface area is 253 Å². The number of amides is 2. The second-order valence-electron chi connectivity index (χ2n) is 9.38. The van der Waals surface area contributed by atoms with Crippen LogP contribution in [0.1, 0.15) is 66.3 Å². The molecule has 0 spiro atoms. The lowest BCUT2D eigenvalue weighted by molar-refractivity contribution is 0.0980. The molecule has 1 aromatic heterocycles. The summed E-state index contributed by atoms with van der Waals surface area (Å²) in [6.07, 6.45) is -6.07. The summed E-state index contributed by atoms with van der Waals surface area (Å²) in [5, 5.41) is 2.74. The van der Waals surface area contributed by atoms with Crippen LogP contribution in [0.2, 0.25) is 0 Å². The third-order valence-electron chi connectivity index (χ3n) is 6.57. The van der Waals surface area contributed by atoms with Crippen molar-refractivity contribution in [3.8, 4) is 5.75 Å². The summed E-state index contributed by atoms with van der Waals surface area (Å²) in [5.74, 6) is -1.36. The van der Waals surface area contributed by atoms with Crippen LogP contribution < -0.4 is 14.8 Å². The predicted molar refractivity (Wildman–Crippen MR) is 157 cm³/mol. The van der Waals surface area contributed by atoms with Gasteiger partial charge in [-0.2, -0.15) is 0 Å². The normalized spacial score (nSPS) is 20.4. The number of aromatic nitrogens is 1. The third-order valence-corrected chi connectivity index (χ3v) is 8.06. The quantitative estimate of drug-likeness (QED) is 0.274. The second kappa shape index (κ2) is 11.7. The number of benzene rings is 3. The van der Waals surface area contributed by atoms with Gasteiger partial charge in [-0.3, -0.25) is 10.1 Å². The fraction of sp³-hybridized carbons (Fsp3) is 0.290. The fourth-order valence-corrected chi connectivity index (χ4v) is 5.79. The Balaban J connectivity index is 1.48. The minimum Gasteiger partial charge on any atom is -0.496 e. The molecule has 214 valence electrons. The van der Waals surface area contributed by atoms with Gasteiger partial charge in [-0.05, 0) is 85.6 Å². The van der Waals surface area contributed by atoms with Crippen LogP contribution in [0.4, 0.5) is 10.5 Å². The number of methoxy groups -OCH3 is 1. The van der Waals surface area contributed by atoms with Gasteiger partial charge in [0.05, 0.1) is 16.0 Å². The average Bonchev–Trinajstić information content (AvgIpc) is 3.46. The highest BCUT2D eigenvalue weighted by Gasteiger charge is 2.22. The first-order valence-corrected chi connectivity index (χ1v) is 14.0. The third kappa shape index (κ3) is 6.22. The number of carbonyl (C=O) groups excluding carboxylic acids is 2. The number of nitrogens with one attached hydrogen (secondary N) is 2. The van der Waals surface area contributed by atoms with E-state index in [9.17, 15) is 18.0 Å². The van der Waals surface area contributed by atoms with Gasteiger partial charge in [-0.25, -0.2) is 17.9 Å². The Morgan fingerprint density at radius 1 is 1.07 bits per heavy atom. The molecule has 1 aliphatic rings. The van der Waals surface area contributed by atoms with Gasteiger partial charge < -0.3 is 14.0 Å². The number of fused-ring (bicyclic) bond motifs is 1. The SMILES string of the molecule is [2H]C([2H])([2H])Oc1cc(C(=O)NS(=O)(=O)c2ccccc2C)ccc1Cc1cn(C([2H])([2H])[2H])c2ccc(NC(=O)OC3C([2H])([2H])CCC3([2H])[2H])cc12. The molecule has 9 nitrogen and oxygen atoms in total. The van der Waals surface area contributed by atoms with Crippen molar-refractivity contribution >= 4 is 38.6 Å². The van der Waals surface area contributed by atoms with Crippen LogP contribution in [-0.2, 0) is 28.2 Å². The molecule has 0 aliphatic heterocycles. The standard InChI is InChI=1S/C31H33N3O6S/c1-20-8-4-7-11-29(20)41(37,38)33-30(35)22-13-12-21(28(17-22)39-3)16-23-19-34(2)27-15-14-24(18-26(23)27)32-31(36)40-25-9-5-6-10-25/h4,7-8,11-15,17-19,25H,5-6,9-10,16H2,1-3H3,(H,32,36)(H,33,35)/i2D3,3D3,9D2,10D2. The first kappa shape index (κ1) is 18.2. The van der Waals surface area contributed by atoms with Crippen molar-refractivity contribution in [3.63, 3.8) is 0 Å². The molecule has 2 N–H and O–H groups in total. The predicted octanol–water partition coefficient (Wildman–Crippen LogP) is 5.70. The Morgan fingerprint density at radius 2 is 1.88 bits per heavy atom. The van der Waals surface area contributed by atoms with Gasteiger partial charge in [-0.15, -0.1) is 0 Å². The van der Waals surface area contributed by atoms with Gasteiger partial charge in [0.25, 0.3) is 15.9 Å². The largest absolute Gasteiger partial charge is 0.496 e. The Kier molecular flexibility index (Phi) is 5.17. The van der Waals surface area contributed by atoms with Gasteiger partial charge in [0.15, 0.2) is 0 Å². The number of hydrogen-bond acceptors (Lipinski definition) is 6. The van der Waals surface area contributed by atoms with E-state index in [1.54, 1.807) is 19.1 Å². The first-order chi connectivity index (χ1) is 23.5. The monoisotopic (exact) mass is 585 g/mol. The van der Waals surface area contributed by atoms with Crippen molar-refractivity contribution in [2.24, 2.45) is 6.98 Å². The van der Waals surface area contributed by atoms with Crippen LogP contribution in [0.25, 0.3) is 10.9 Å². The first-order valence-electron chi connectivity index (χ1n) is 17.5. The smallest absolute Gasteiger partial charge is 0.411 e. The highest BCUT2D eigenvalue weighted by Crippen LogP contribution is 2.30. The fourth-order valence-electron chi connectivity index (χ4n) is 4.57. The molecule has 10 heteroatoms. The lowest BCUT2D eigenvalue weighted by Gasteiger charge is -2.13. The van der Waals surface area contributed by atoms with Crippen LogP contribution in [0.3, 0.4) is 0 Å². The zero-order chi connectivity index (χ0) is 37.7. The van der Waals surface area contributed by atoms with Crippen molar-refractivity contribution in [2.75, 3.05) is 12.4 Å². The summed E-state index contributed by atoms with van der Waals surface area (Å²) in [4.78, 5) is 25.7. The number of aryl methyl sites for hydroxylation is 2. The highest BCUT2D eigenvalue weighted by atomic mass is 32.2. The molecule has 0 atom stereocenters. The van der Waals surface area contributed by atoms with Crippen molar-refractivity contribution < 1.29 is 41.2 Å². The molecular formula is C31H33N3O6S. The number of anilines is 1. The minimum atomic E-state index is -4.30. The maximum Gasteiger partial charge on any atom is 0.411 e. The summed E-state index contributed by atoms with van der Waals surface area (Å²) in [6.45, 7) is -1.10. The van der Waals surface area contributed by atoms with Crippen LogP contribution in [0.5, 0.6) is 5.75 Å². The second-order valence-corrected chi connectivity index (χ2v) is 11.0. The van der Waals surface area contributed by atoms with E-state index >= 15 is 0 Å². The summed E-state index contributed by atoms with van der Waals surface area (Å²) >= 11 is 0. The topological polar surface area (TPSA) is 116 Å². The number of carbonyl (C=O) groups is 2. The number of ether oxygens (including phenoxy) is 2. The molecule has 5 rings (SSSR count). The van der Waals surface area contributed by atoms with E-state index in [2.05, 4.69) is 5.32 Å². The molecule has 1 fully saturated rings. The van der Waals surface area contributed by atoms with E-state index in [4.69, 9.17) is 23.2 Å². The molecule has 0 unspecified atom stereocenters. The molecule has 1 saturated carbocycles. The summed E-state index contributed by atoms with van der Waals surface area (Å²) in [7, 11) is -7.29. The molecule has 2 amide bonds. The maximum absolute atomic E-state index is 13.1. The molecule has 1 heterocycles. The van der Waals surface area contributed by atoms with Crippen molar-refractivity contribution in [1.29, 1.82) is 0 Å². The van der Waals surface area contributed by atoms with Gasteiger partial charge in [0.1, 0.15) is 11.9 Å². The minimum absolute atomic E-state index is 0.108. The zero-order valence-corrected chi connectivity index (χ0v) is 22.7. The van der Waals surface area contributed by atoms with Gasteiger partial charge in [0.2, 0.25) is 0 Å². The van der Waals surface area contributed by atoms with E-state index in [1.165, 1.54) is 48.7 Å². The van der Waals surface area contributed by atoms with Crippen molar-refractivity contribution in [1.82, 2.24) is 9.29 Å². The molecule has 1 aliphatic carbocycles. The molecule has 0 radical (unpaired) electrons. The number of hydrogen-bond donors (Lipinski definition) is 2. The van der Waals surface area contributed by atoms with Crippen LogP contribution in [0, 0.1) is 6.92 Å². The van der Waals surface area contributed by atoms with Crippen LogP contribution >= 0.6 is 0 Å². The Morgan fingerprint density at radius 3 is 2.63 bits per heavy atom. The van der Waals surface area contributed by atoms with E-state index in [0.717, 1.165) is 10.6 Å². The molecule has 0 saturated heterocycles. The van der Waals surface area contributed by atoms with Gasteiger partial charge >= 0.3 is 6.09 Å². The lowest BCUT2D eigenvalue weighted by atomic mass is 10.0. The summed E-state index contributed by atoms with van der Waals surface area (Å²) in [6, 6.07) is 13.9. The van der Waals surface area contributed by atoms with Crippen molar-refractivity contribution in [2.45, 2.75) is 49.9 Å². The van der Waals surface area contributed by atoms with E-state index in [-0.39, 0.29) is 52.2 Å². The molecular weight excluding hydrogens is 542 g/mol. The lowest BCUT2D eigenvalue weighted by Crippen LogP contribution is -2.31. The number of nitrogens with zero attached hydrogens (tertiary/aromatic N) is 1. The summed E-state index contributed by atoms with van der Waals surface area (Å²) in [5.41, 5.74) is 1.00. The van der Waals surface area contributed by atoms with Crippen LogP contribution in [-0.4, -0.2) is 38.1 Å². The van der Waals surface area contributed by atoms with Crippen LogP contribution in [0.15, 0.2) is 71.8 Å². The average molecular weight is 586 g/mol. The maximum atomic E-state index is 13.1. The molecule has 41 heavy (non-hydrogen) atoms. The number of sulfonamides is 1. The molecule has 3 aromatic carbocycles. The zero-order valence-electron chi connectivity index (χ0n) is 31.9. The molecule has 0 bridgehead atoms. The van der Waals surface area contributed by atoms with Crippen molar-refractivity contribution in [3.05, 3.63) is 89.1 Å². The van der Waals surface area contributed by atoms with Gasteiger partial charge in [-0.1, -0.05) is 24.3 Å². The Bertz CT molecular complexity index is 2100. The number of rotatable bonds is 8. The molecule has 4 aromatic rings. The van der Waals surface area contributed by atoms with E-state index in [0.29, 0.717) is 16.5 Å².